The molecule has 2 amide bonds. The number of hydrogen-bond acceptors (Lipinski definition) is 5. The van der Waals surface area contributed by atoms with Gasteiger partial charge in [0.25, 0.3) is 5.91 Å². The minimum Gasteiger partial charge on any atom is -0.497 e. The topological polar surface area (TPSA) is 77.1 Å². The first kappa shape index (κ1) is 25.4. The molecule has 3 aromatic carbocycles. The van der Waals surface area contributed by atoms with Gasteiger partial charge in [-0.2, -0.15) is 0 Å². The van der Waals surface area contributed by atoms with Crippen LogP contribution in [-0.2, 0) is 11.2 Å². The van der Waals surface area contributed by atoms with Gasteiger partial charge in [-0.3, -0.25) is 9.59 Å². The van der Waals surface area contributed by atoms with E-state index >= 15 is 0 Å². The number of amides is 2. The number of ether oxygens (including phenoxy) is 3. The van der Waals surface area contributed by atoms with E-state index in [0.717, 1.165) is 11.1 Å². The lowest BCUT2D eigenvalue weighted by Gasteiger charge is -2.40. The molecule has 1 heterocycles. The van der Waals surface area contributed by atoms with Crippen LogP contribution in [0.1, 0.15) is 39.0 Å². The highest BCUT2D eigenvalue weighted by Crippen LogP contribution is 2.45. The normalized spacial score (nSPS) is 16.8. The summed E-state index contributed by atoms with van der Waals surface area (Å²) in [7, 11) is 6.36. The lowest BCUT2D eigenvalue weighted by atomic mass is 9.79. The Morgan fingerprint density at radius 3 is 2.19 bits per heavy atom. The van der Waals surface area contributed by atoms with Crippen molar-refractivity contribution in [1.82, 2.24) is 10.2 Å². The summed E-state index contributed by atoms with van der Waals surface area (Å²) in [6.07, 6.45) is 0.649. The second kappa shape index (κ2) is 10.9. The summed E-state index contributed by atoms with van der Waals surface area (Å²) in [6.45, 7) is 0.437. The Morgan fingerprint density at radius 1 is 0.944 bits per heavy atom. The minimum atomic E-state index is -0.666. The van der Waals surface area contributed by atoms with Gasteiger partial charge in [0, 0.05) is 24.2 Å². The van der Waals surface area contributed by atoms with Gasteiger partial charge in [-0.1, -0.05) is 35.9 Å². The zero-order valence-corrected chi connectivity index (χ0v) is 21.5. The molecule has 1 aliphatic rings. The molecule has 2 atom stereocenters. The molecule has 0 saturated carbocycles. The molecular weight excluding hydrogens is 480 g/mol. The average molecular weight is 509 g/mol. The summed E-state index contributed by atoms with van der Waals surface area (Å²) in [4.78, 5) is 28.8. The van der Waals surface area contributed by atoms with Crippen LogP contribution in [-0.4, -0.2) is 51.6 Å². The van der Waals surface area contributed by atoms with Gasteiger partial charge >= 0.3 is 0 Å². The Balaban J connectivity index is 1.72. The fraction of sp³-hybridized carbons (Fsp3) is 0.286. The second-order valence-corrected chi connectivity index (χ2v) is 9.01. The molecule has 0 spiro atoms. The molecule has 7 nitrogen and oxygen atoms in total. The van der Waals surface area contributed by atoms with Crippen LogP contribution in [0.15, 0.2) is 60.7 Å². The maximum Gasteiger partial charge on any atom is 0.254 e. The summed E-state index contributed by atoms with van der Waals surface area (Å²) in [5, 5.41) is 3.74. The molecule has 8 heteroatoms. The van der Waals surface area contributed by atoms with Crippen molar-refractivity contribution in [2.45, 2.75) is 18.4 Å². The van der Waals surface area contributed by atoms with Crippen LogP contribution < -0.4 is 19.5 Å². The number of methoxy groups -OCH3 is 3. The highest BCUT2D eigenvalue weighted by atomic mass is 35.5. The lowest BCUT2D eigenvalue weighted by molar-refractivity contribution is -0.124. The molecule has 0 aromatic heterocycles. The maximum absolute atomic E-state index is 13.8. The molecule has 3 aromatic rings. The van der Waals surface area contributed by atoms with E-state index < -0.39 is 12.0 Å². The molecule has 36 heavy (non-hydrogen) atoms. The average Bonchev–Trinajstić information content (AvgIpc) is 2.90. The number of carbonyl (C=O) groups excluding carboxylic acids is 2. The van der Waals surface area contributed by atoms with Gasteiger partial charge in [0.05, 0.1) is 33.3 Å². The van der Waals surface area contributed by atoms with Gasteiger partial charge in [-0.05, 0) is 59.5 Å². The number of nitrogens with zero attached hydrogens (tertiary/aromatic N) is 1. The third-order valence-corrected chi connectivity index (χ3v) is 6.79. The van der Waals surface area contributed by atoms with E-state index in [-0.39, 0.29) is 11.8 Å². The summed E-state index contributed by atoms with van der Waals surface area (Å²) in [5.41, 5.74) is 2.90. The molecule has 0 aliphatic carbocycles. The fourth-order valence-corrected chi connectivity index (χ4v) is 4.77. The van der Waals surface area contributed by atoms with Crippen molar-refractivity contribution in [2.75, 3.05) is 34.9 Å². The van der Waals surface area contributed by atoms with E-state index in [1.165, 1.54) is 14.2 Å². The van der Waals surface area contributed by atoms with Gasteiger partial charge in [-0.15, -0.1) is 0 Å². The number of halogens is 1. The molecule has 188 valence electrons. The number of hydrogen-bond donors (Lipinski definition) is 1. The van der Waals surface area contributed by atoms with Crippen LogP contribution in [0.2, 0.25) is 5.02 Å². The van der Waals surface area contributed by atoms with Gasteiger partial charge in [0.2, 0.25) is 5.91 Å². The molecule has 0 bridgehead atoms. The first-order chi connectivity index (χ1) is 17.4. The lowest BCUT2D eigenvalue weighted by Crippen LogP contribution is -2.46. The minimum absolute atomic E-state index is 0.183. The molecule has 1 N–H and O–H groups in total. The summed E-state index contributed by atoms with van der Waals surface area (Å²) in [5.74, 6) is 0.541. The Labute approximate surface area is 215 Å². The van der Waals surface area contributed by atoms with Gasteiger partial charge in [0.15, 0.2) is 11.5 Å². The fourth-order valence-electron chi connectivity index (χ4n) is 4.64. The van der Waals surface area contributed by atoms with E-state index in [1.54, 1.807) is 31.2 Å². The molecule has 1 aliphatic heterocycles. The van der Waals surface area contributed by atoms with E-state index in [9.17, 15) is 9.59 Å². The predicted molar refractivity (Wildman–Crippen MR) is 138 cm³/mol. The summed E-state index contributed by atoms with van der Waals surface area (Å²) >= 11 is 5.98. The van der Waals surface area contributed by atoms with Crippen molar-refractivity contribution in [1.29, 1.82) is 0 Å². The number of carbonyl (C=O) groups is 2. The molecule has 0 unspecified atom stereocenters. The van der Waals surface area contributed by atoms with Crippen LogP contribution in [0.4, 0.5) is 0 Å². The highest BCUT2D eigenvalue weighted by molar-refractivity contribution is 6.30. The first-order valence-electron chi connectivity index (χ1n) is 11.6. The smallest absolute Gasteiger partial charge is 0.254 e. The maximum atomic E-state index is 13.8. The largest absolute Gasteiger partial charge is 0.497 e. The van der Waals surface area contributed by atoms with Crippen molar-refractivity contribution >= 4 is 23.4 Å². The first-order valence-corrected chi connectivity index (χ1v) is 11.9. The van der Waals surface area contributed by atoms with Crippen LogP contribution in [0, 0.1) is 0 Å². The van der Waals surface area contributed by atoms with E-state index in [4.69, 9.17) is 25.8 Å². The number of nitrogens with one attached hydrogen (secondary N) is 1. The monoisotopic (exact) mass is 508 g/mol. The van der Waals surface area contributed by atoms with Crippen molar-refractivity contribution in [3.63, 3.8) is 0 Å². The molecule has 0 radical (unpaired) electrons. The zero-order valence-electron chi connectivity index (χ0n) is 20.7. The number of likely N-dealkylation sites (N-methyl/N-ethyl adjacent to an activating group) is 1. The molecule has 0 fully saturated rings. The third kappa shape index (κ3) is 4.97. The number of fused-ring (bicyclic) bond motifs is 1. The summed E-state index contributed by atoms with van der Waals surface area (Å²) < 4.78 is 16.2. The predicted octanol–water partition coefficient (Wildman–Crippen LogP) is 4.64. The van der Waals surface area contributed by atoms with Gasteiger partial charge < -0.3 is 24.4 Å². The van der Waals surface area contributed by atoms with E-state index in [1.807, 2.05) is 48.5 Å². The molecule has 0 saturated heterocycles. The number of benzene rings is 3. The Bertz CT molecular complexity index is 1240. The standard InChI is InChI=1S/C28H29ClN2O5/c1-31-26(18-7-11-20(34-2)12-8-18)25(27(32)30-14-13-17-5-9-19(29)10-6-17)21-15-23(35-3)24(36-4)16-22(21)28(31)33/h5-12,15-16,25-26H,13-14H2,1-4H3,(H,30,32)/t25-,26+/m1/s1. The van der Waals surface area contributed by atoms with Crippen LogP contribution in [0.3, 0.4) is 0 Å². The number of rotatable bonds is 8. The summed E-state index contributed by atoms with van der Waals surface area (Å²) in [6, 6.07) is 17.8. The van der Waals surface area contributed by atoms with E-state index in [0.29, 0.717) is 46.4 Å². The van der Waals surface area contributed by atoms with Crippen LogP contribution >= 0.6 is 11.6 Å². The molecule has 4 rings (SSSR count). The van der Waals surface area contributed by atoms with Crippen molar-refractivity contribution in [3.05, 3.63) is 87.9 Å². The molecular formula is C28H29ClN2O5. The quantitative estimate of drug-likeness (QED) is 0.480. The van der Waals surface area contributed by atoms with Crippen molar-refractivity contribution in [2.24, 2.45) is 0 Å². The SMILES string of the molecule is COc1ccc([C@H]2[C@H](C(=O)NCCc3ccc(Cl)cc3)c3cc(OC)c(OC)cc3C(=O)N2C)cc1. The van der Waals surface area contributed by atoms with Gasteiger partial charge in [0.1, 0.15) is 5.75 Å². The zero-order chi connectivity index (χ0) is 25.8. The van der Waals surface area contributed by atoms with Crippen molar-refractivity contribution in [3.8, 4) is 17.2 Å². The Morgan fingerprint density at radius 2 is 1.58 bits per heavy atom. The Kier molecular flexibility index (Phi) is 7.70. The van der Waals surface area contributed by atoms with Crippen molar-refractivity contribution < 1.29 is 23.8 Å². The third-order valence-electron chi connectivity index (χ3n) is 6.54. The van der Waals surface area contributed by atoms with E-state index in [2.05, 4.69) is 5.32 Å². The Hall–Kier alpha value is -3.71. The highest BCUT2D eigenvalue weighted by Gasteiger charge is 2.43. The second-order valence-electron chi connectivity index (χ2n) is 8.57. The van der Waals surface area contributed by atoms with Gasteiger partial charge in [-0.25, -0.2) is 0 Å². The van der Waals surface area contributed by atoms with Crippen LogP contribution in [0.25, 0.3) is 0 Å². The van der Waals surface area contributed by atoms with Crippen LogP contribution in [0.5, 0.6) is 17.2 Å².